The number of benzene rings is 2. The van der Waals surface area contributed by atoms with E-state index in [2.05, 4.69) is 15.6 Å². The van der Waals surface area contributed by atoms with E-state index in [1.807, 2.05) is 0 Å². The van der Waals surface area contributed by atoms with Crippen molar-refractivity contribution in [3.63, 3.8) is 0 Å². The summed E-state index contributed by atoms with van der Waals surface area (Å²) < 4.78 is 30.0. The summed E-state index contributed by atoms with van der Waals surface area (Å²) in [6.07, 6.45) is 1.66. The summed E-state index contributed by atoms with van der Waals surface area (Å²) in [6, 6.07) is 10.4. The predicted molar refractivity (Wildman–Crippen MR) is 175 cm³/mol. The highest BCUT2D eigenvalue weighted by Gasteiger charge is 2.29. The number of ether oxygens (including phenoxy) is 2. The third-order valence-electron chi connectivity index (χ3n) is 6.47. The van der Waals surface area contributed by atoms with Gasteiger partial charge in [-0.25, -0.2) is 14.2 Å². The molecule has 0 aliphatic rings. The van der Waals surface area contributed by atoms with Crippen molar-refractivity contribution in [1.82, 2.24) is 14.9 Å². The number of nitrogens with zero attached hydrogens (tertiary/aromatic N) is 2. The van der Waals surface area contributed by atoms with Crippen LogP contribution in [-0.4, -0.2) is 57.3 Å². The molecule has 0 radical (unpaired) electrons. The molecule has 49 heavy (non-hydrogen) atoms. The van der Waals surface area contributed by atoms with Crippen LogP contribution in [0.2, 0.25) is 10.0 Å². The third kappa shape index (κ3) is 9.84. The Morgan fingerprint density at radius 1 is 1.00 bits per heavy atom. The number of hydrogen-bond acceptors (Lipinski definition) is 10. The highest BCUT2D eigenvalue weighted by molar-refractivity contribution is 6.39. The maximum atomic E-state index is 13.7. The van der Waals surface area contributed by atoms with Crippen LogP contribution in [0.1, 0.15) is 48.1 Å². The van der Waals surface area contributed by atoms with E-state index in [0.29, 0.717) is 0 Å². The van der Waals surface area contributed by atoms with Gasteiger partial charge in [0.2, 0.25) is 5.91 Å². The molecule has 0 saturated heterocycles. The number of nitrogens with one attached hydrogen (secondary N) is 2. The number of anilines is 1. The summed E-state index contributed by atoms with van der Waals surface area (Å²) in [6.45, 7) is 3.12. The van der Waals surface area contributed by atoms with Gasteiger partial charge in [0.1, 0.15) is 35.5 Å². The first-order chi connectivity index (χ1) is 23.1. The number of carbonyl (C=O) groups is 5. The Balaban J connectivity index is 1.61. The minimum absolute atomic E-state index is 0.0258. The second-order valence-corrected chi connectivity index (χ2v) is 12.2. The first-order valence-electron chi connectivity index (χ1n) is 14.5. The number of esters is 2. The van der Waals surface area contributed by atoms with Gasteiger partial charge in [0, 0.05) is 5.56 Å². The molecule has 2 aromatic carbocycles. The van der Waals surface area contributed by atoms with Gasteiger partial charge in [-0.2, -0.15) is 0 Å². The molecule has 13 nitrogen and oxygen atoms in total. The Morgan fingerprint density at radius 2 is 1.67 bits per heavy atom. The molecule has 2 heterocycles. The molecule has 16 heteroatoms. The predicted octanol–water partition coefficient (Wildman–Crippen LogP) is 4.84. The van der Waals surface area contributed by atoms with E-state index >= 15 is 0 Å². The summed E-state index contributed by atoms with van der Waals surface area (Å²) in [5, 5.41) is 4.70. The quantitative estimate of drug-likeness (QED) is 0.193. The zero-order valence-corrected chi connectivity index (χ0v) is 27.8. The lowest BCUT2D eigenvalue weighted by Gasteiger charge is -2.23. The van der Waals surface area contributed by atoms with Gasteiger partial charge in [0.15, 0.2) is 18.2 Å². The molecule has 0 aliphatic carbocycles. The second-order valence-electron chi connectivity index (χ2n) is 11.4. The van der Waals surface area contributed by atoms with Crippen LogP contribution in [0.3, 0.4) is 0 Å². The molecule has 1 atom stereocenters. The second kappa shape index (κ2) is 15.7. The van der Waals surface area contributed by atoms with E-state index in [1.165, 1.54) is 48.7 Å². The van der Waals surface area contributed by atoms with Gasteiger partial charge in [0.25, 0.3) is 11.5 Å². The van der Waals surface area contributed by atoms with Crippen LogP contribution in [0.5, 0.6) is 0 Å². The van der Waals surface area contributed by atoms with Crippen LogP contribution in [0.4, 0.5) is 10.1 Å². The van der Waals surface area contributed by atoms with Gasteiger partial charge < -0.3 is 24.5 Å². The van der Waals surface area contributed by atoms with Gasteiger partial charge in [0.05, 0.1) is 34.5 Å². The standard InChI is InChI=1S/C33H29Cl2FN4O9/c1-33(2,3)49-27(43)14-22(24(41)17-48-32(46)28-20(34)6-4-7-21(28)35)38-26(42)16-40-29(18-9-11-19(36)12-10-18)37-15-23(31(40)45)39-30(44)25-8-5-13-47-25/h4-13,15,22H,14,16-17H2,1-3H3,(H,38,42)(H,39,44)/t22-/m0/s1. The molecular weight excluding hydrogens is 686 g/mol. The Morgan fingerprint density at radius 3 is 2.29 bits per heavy atom. The van der Waals surface area contributed by atoms with Crippen molar-refractivity contribution in [3.8, 4) is 11.4 Å². The summed E-state index contributed by atoms with van der Waals surface area (Å²) >= 11 is 12.1. The number of carbonyl (C=O) groups excluding carboxylic acids is 5. The Kier molecular flexibility index (Phi) is 11.7. The number of hydrogen-bond donors (Lipinski definition) is 2. The van der Waals surface area contributed by atoms with Gasteiger partial charge in [-0.1, -0.05) is 29.3 Å². The van der Waals surface area contributed by atoms with E-state index in [9.17, 15) is 33.2 Å². The number of furan rings is 1. The number of aromatic nitrogens is 2. The SMILES string of the molecule is CC(C)(C)OC(=O)C[C@H](NC(=O)Cn1c(-c2ccc(F)cc2)ncc(NC(=O)c2ccco2)c1=O)C(=O)COC(=O)c1c(Cl)cccc1Cl. The topological polar surface area (TPSA) is 176 Å². The van der Waals surface area contributed by atoms with Gasteiger partial charge in [-0.3, -0.25) is 28.5 Å². The molecule has 0 unspecified atom stereocenters. The Bertz CT molecular complexity index is 1920. The van der Waals surface area contributed by atoms with Crippen LogP contribution in [0, 0.1) is 5.82 Å². The van der Waals surface area contributed by atoms with Crippen LogP contribution >= 0.6 is 23.2 Å². The van der Waals surface area contributed by atoms with E-state index in [0.717, 1.165) is 22.9 Å². The lowest BCUT2D eigenvalue weighted by atomic mass is 10.1. The maximum absolute atomic E-state index is 13.7. The van der Waals surface area contributed by atoms with Crippen molar-refractivity contribution in [1.29, 1.82) is 0 Å². The number of Topliss-reactive ketones (excluding diaryl/α,β-unsaturated/α-hetero) is 1. The molecule has 2 N–H and O–H groups in total. The lowest BCUT2D eigenvalue weighted by molar-refractivity contribution is -0.156. The molecule has 256 valence electrons. The first kappa shape index (κ1) is 36.5. The molecule has 2 amide bonds. The van der Waals surface area contributed by atoms with E-state index < -0.39 is 72.1 Å². The number of ketones is 1. The average Bonchev–Trinajstić information content (AvgIpc) is 3.57. The molecule has 0 fully saturated rings. The summed E-state index contributed by atoms with van der Waals surface area (Å²) in [5.74, 6) is -5.28. The van der Waals surface area contributed by atoms with E-state index in [4.69, 9.17) is 37.1 Å². The molecule has 4 rings (SSSR count). The van der Waals surface area contributed by atoms with Crippen LogP contribution in [0.25, 0.3) is 11.4 Å². The van der Waals surface area contributed by atoms with Crippen molar-refractivity contribution in [2.24, 2.45) is 0 Å². The average molecular weight is 716 g/mol. The monoisotopic (exact) mass is 714 g/mol. The Hall–Kier alpha value is -5.34. The number of amides is 2. The smallest absolute Gasteiger partial charge is 0.341 e. The van der Waals surface area contributed by atoms with E-state index in [1.54, 1.807) is 20.8 Å². The molecule has 0 saturated carbocycles. The highest BCUT2D eigenvalue weighted by atomic mass is 35.5. The summed E-state index contributed by atoms with van der Waals surface area (Å²) in [5.41, 5.74) is -2.10. The zero-order valence-electron chi connectivity index (χ0n) is 26.3. The van der Waals surface area contributed by atoms with Crippen molar-refractivity contribution in [3.05, 3.63) is 105 Å². The van der Waals surface area contributed by atoms with Crippen molar-refractivity contribution < 1.29 is 42.3 Å². The fourth-order valence-corrected chi connectivity index (χ4v) is 4.88. The van der Waals surface area contributed by atoms with Gasteiger partial charge in [-0.05, 0) is 69.3 Å². The molecule has 2 aromatic heterocycles. The van der Waals surface area contributed by atoms with Crippen molar-refractivity contribution in [2.75, 3.05) is 11.9 Å². The third-order valence-corrected chi connectivity index (χ3v) is 7.10. The largest absolute Gasteiger partial charge is 0.460 e. The van der Waals surface area contributed by atoms with Crippen LogP contribution < -0.4 is 16.2 Å². The minimum Gasteiger partial charge on any atom is -0.460 e. The van der Waals surface area contributed by atoms with Crippen LogP contribution in [0.15, 0.2) is 76.3 Å². The van der Waals surface area contributed by atoms with Gasteiger partial charge >= 0.3 is 11.9 Å². The zero-order chi connectivity index (χ0) is 35.9. The fraction of sp³-hybridized carbons (Fsp3) is 0.242. The summed E-state index contributed by atoms with van der Waals surface area (Å²) in [7, 11) is 0. The lowest BCUT2D eigenvalue weighted by Crippen LogP contribution is -2.47. The van der Waals surface area contributed by atoms with Gasteiger partial charge in [-0.15, -0.1) is 0 Å². The fourth-order valence-electron chi connectivity index (χ4n) is 4.33. The Labute approximate surface area is 288 Å². The van der Waals surface area contributed by atoms with Crippen molar-refractivity contribution in [2.45, 2.75) is 45.4 Å². The molecule has 0 aliphatic heterocycles. The van der Waals surface area contributed by atoms with E-state index in [-0.39, 0.29) is 38.4 Å². The minimum atomic E-state index is -1.59. The summed E-state index contributed by atoms with van der Waals surface area (Å²) in [4.78, 5) is 82.5. The van der Waals surface area contributed by atoms with Crippen molar-refractivity contribution >= 4 is 58.4 Å². The maximum Gasteiger partial charge on any atom is 0.341 e. The highest BCUT2D eigenvalue weighted by Crippen LogP contribution is 2.25. The number of halogens is 3. The van der Waals surface area contributed by atoms with Crippen LogP contribution in [-0.2, 0) is 30.4 Å². The molecule has 0 spiro atoms. The molecule has 4 aromatic rings. The molecular formula is C33H29Cl2FN4O9. The normalized spacial score (nSPS) is 11.7. The molecule has 0 bridgehead atoms. The first-order valence-corrected chi connectivity index (χ1v) is 15.2. The number of rotatable bonds is 12.